The van der Waals surface area contributed by atoms with Gasteiger partial charge < -0.3 is 19.9 Å². The molecule has 1 atom stereocenters. The van der Waals surface area contributed by atoms with Crippen molar-refractivity contribution in [2.45, 2.75) is 59.6 Å². The highest BCUT2D eigenvalue weighted by atomic mass is 35.5. The maximum Gasteiger partial charge on any atom is 0.410 e. The summed E-state index contributed by atoms with van der Waals surface area (Å²) in [6, 6.07) is 14.9. The van der Waals surface area contributed by atoms with Gasteiger partial charge in [0, 0.05) is 58.6 Å². The van der Waals surface area contributed by atoms with Crippen LogP contribution in [0, 0.1) is 20.8 Å². The topological polar surface area (TPSA) is 105 Å². The summed E-state index contributed by atoms with van der Waals surface area (Å²) in [5.74, 6) is 1.21. The predicted octanol–water partition coefficient (Wildman–Crippen LogP) is 6.89. The number of anilines is 2. The molecule has 1 fully saturated rings. The second-order valence-corrected chi connectivity index (χ2v) is 14.3. The number of hydrogen-bond donors (Lipinski definition) is 1. The summed E-state index contributed by atoms with van der Waals surface area (Å²) >= 11 is 7.90. The number of aryl methyl sites for hydroxylation is 2. The third-order valence-corrected chi connectivity index (χ3v) is 9.63. The molecule has 2 aromatic heterocycles. The lowest BCUT2D eigenvalue weighted by Gasteiger charge is -2.36. The van der Waals surface area contributed by atoms with Crippen LogP contribution in [0.1, 0.15) is 66.5 Å². The van der Waals surface area contributed by atoms with Crippen molar-refractivity contribution in [3.8, 4) is 5.00 Å². The molecule has 46 heavy (non-hydrogen) atoms. The predicted molar refractivity (Wildman–Crippen MR) is 183 cm³/mol. The molecule has 1 N–H and O–H groups in total. The van der Waals surface area contributed by atoms with E-state index >= 15 is 0 Å². The third kappa shape index (κ3) is 6.52. The highest BCUT2D eigenvalue weighted by Crippen LogP contribution is 2.39. The number of carbonyl (C=O) groups is 2. The molecular weight excluding hydrogens is 622 g/mol. The van der Waals surface area contributed by atoms with E-state index in [4.69, 9.17) is 21.3 Å². The van der Waals surface area contributed by atoms with Crippen molar-refractivity contribution >= 4 is 52.0 Å². The van der Waals surface area contributed by atoms with E-state index in [2.05, 4.69) is 34.3 Å². The van der Waals surface area contributed by atoms with Crippen LogP contribution < -0.4 is 10.2 Å². The second-order valence-electron chi connectivity index (χ2n) is 12.7. The molecule has 2 amide bonds. The van der Waals surface area contributed by atoms with Gasteiger partial charge in [-0.3, -0.25) is 14.4 Å². The molecule has 6 rings (SSSR count). The standard InChI is InChI=1S/C34H38ClN7O3S/c1-20-21(2)46-32-29(20)30(23-7-9-24(35)10-8-23)37-27(31-39-38-22(3)42(31)32)19-28(43)36-25-11-13-26(14-12-25)40-15-17-41(18-16-40)33(44)45-34(4,5)6/h7-14,27H,15-19H2,1-6H3,(H,36,43)/t27-/m0/s1. The minimum Gasteiger partial charge on any atom is -0.444 e. The fourth-order valence-electron chi connectivity index (χ4n) is 5.75. The average molecular weight is 660 g/mol. The van der Waals surface area contributed by atoms with Gasteiger partial charge in [0.15, 0.2) is 5.82 Å². The molecule has 0 bridgehead atoms. The van der Waals surface area contributed by atoms with E-state index < -0.39 is 11.6 Å². The van der Waals surface area contributed by atoms with Crippen LogP contribution >= 0.6 is 22.9 Å². The summed E-state index contributed by atoms with van der Waals surface area (Å²) in [5.41, 5.74) is 5.12. The fraction of sp³-hybridized carbons (Fsp3) is 0.382. The molecule has 0 aliphatic carbocycles. The maximum atomic E-state index is 13.5. The first-order chi connectivity index (χ1) is 21.9. The summed E-state index contributed by atoms with van der Waals surface area (Å²) in [6.45, 7) is 14.3. The van der Waals surface area contributed by atoms with Gasteiger partial charge in [-0.25, -0.2) is 4.79 Å². The number of fused-ring (bicyclic) bond motifs is 3. The Morgan fingerprint density at radius 1 is 0.978 bits per heavy atom. The summed E-state index contributed by atoms with van der Waals surface area (Å²) in [4.78, 5) is 36.3. The van der Waals surface area contributed by atoms with Crippen LogP contribution in [0.15, 0.2) is 53.5 Å². The number of aliphatic imine (C=N–C) groups is 1. The van der Waals surface area contributed by atoms with E-state index in [0.717, 1.165) is 38.9 Å². The number of rotatable bonds is 5. The number of thiophene rings is 1. The van der Waals surface area contributed by atoms with Crippen molar-refractivity contribution in [3.63, 3.8) is 0 Å². The highest BCUT2D eigenvalue weighted by Gasteiger charge is 2.32. The Kier molecular flexibility index (Phi) is 8.64. The van der Waals surface area contributed by atoms with E-state index in [9.17, 15) is 9.59 Å². The van der Waals surface area contributed by atoms with Gasteiger partial charge in [-0.2, -0.15) is 0 Å². The molecule has 2 aliphatic rings. The quantitative estimate of drug-likeness (QED) is 0.250. The molecule has 12 heteroatoms. The Morgan fingerprint density at radius 3 is 2.30 bits per heavy atom. The number of ether oxygens (including phenoxy) is 1. The van der Waals surface area contributed by atoms with Crippen LogP contribution in [-0.2, 0) is 9.53 Å². The van der Waals surface area contributed by atoms with Gasteiger partial charge in [0.1, 0.15) is 22.5 Å². The number of amides is 2. The molecule has 0 saturated carbocycles. The summed E-state index contributed by atoms with van der Waals surface area (Å²) < 4.78 is 7.56. The molecule has 240 valence electrons. The van der Waals surface area contributed by atoms with Crippen molar-refractivity contribution in [1.82, 2.24) is 19.7 Å². The number of carbonyl (C=O) groups excluding carboxylic acids is 2. The number of hydrogen-bond acceptors (Lipinski definition) is 8. The fourth-order valence-corrected chi connectivity index (χ4v) is 7.09. The Hall–Kier alpha value is -4.22. The van der Waals surface area contributed by atoms with Gasteiger partial charge in [0.2, 0.25) is 5.91 Å². The number of halogens is 1. The molecule has 0 unspecified atom stereocenters. The number of aromatic nitrogens is 3. The summed E-state index contributed by atoms with van der Waals surface area (Å²) in [6.07, 6.45) is -0.186. The van der Waals surface area contributed by atoms with Gasteiger partial charge >= 0.3 is 6.09 Å². The Morgan fingerprint density at radius 2 is 1.65 bits per heavy atom. The smallest absolute Gasteiger partial charge is 0.410 e. The van der Waals surface area contributed by atoms with Crippen molar-refractivity contribution in [2.24, 2.45) is 4.99 Å². The zero-order valence-corrected chi connectivity index (χ0v) is 28.5. The zero-order valence-electron chi connectivity index (χ0n) is 26.9. The summed E-state index contributed by atoms with van der Waals surface area (Å²) in [7, 11) is 0. The largest absolute Gasteiger partial charge is 0.444 e. The number of nitrogens with zero attached hydrogens (tertiary/aromatic N) is 6. The minimum atomic E-state index is -0.549. The van der Waals surface area contributed by atoms with Crippen LogP contribution in [0.5, 0.6) is 0 Å². The first-order valence-electron chi connectivity index (χ1n) is 15.4. The SMILES string of the molecule is Cc1sc2c(c1C)C(c1ccc(Cl)cc1)=N[C@@H](CC(=O)Nc1ccc(N3CCN(C(=O)OC(C)(C)C)CC3)cc1)c1nnc(C)n1-2. The van der Waals surface area contributed by atoms with E-state index in [1.165, 1.54) is 4.88 Å². The lowest BCUT2D eigenvalue weighted by atomic mass is 9.99. The molecule has 1 saturated heterocycles. The number of piperazine rings is 1. The van der Waals surface area contributed by atoms with E-state index in [1.54, 1.807) is 16.2 Å². The lowest BCUT2D eigenvalue weighted by molar-refractivity contribution is -0.116. The second kappa shape index (κ2) is 12.5. The Balaban J connectivity index is 1.18. The van der Waals surface area contributed by atoms with E-state index in [0.29, 0.717) is 42.7 Å². The number of benzene rings is 2. The molecule has 10 nitrogen and oxygen atoms in total. The summed E-state index contributed by atoms with van der Waals surface area (Å²) in [5, 5.41) is 13.6. The lowest BCUT2D eigenvalue weighted by Crippen LogP contribution is -2.50. The molecular formula is C34H38ClN7O3S. The molecule has 4 heterocycles. The van der Waals surface area contributed by atoms with Crippen LogP contribution in [0.3, 0.4) is 0 Å². The van der Waals surface area contributed by atoms with Gasteiger partial charge in [-0.05, 0) is 83.5 Å². The zero-order chi connectivity index (χ0) is 32.7. The normalized spacial score (nSPS) is 16.3. The van der Waals surface area contributed by atoms with Crippen molar-refractivity contribution in [3.05, 3.63) is 86.8 Å². The highest BCUT2D eigenvalue weighted by molar-refractivity contribution is 7.15. The van der Waals surface area contributed by atoms with Crippen LogP contribution in [0.25, 0.3) is 5.00 Å². The van der Waals surface area contributed by atoms with Crippen LogP contribution in [-0.4, -0.2) is 69.2 Å². The first-order valence-corrected chi connectivity index (χ1v) is 16.6. The molecule has 4 aromatic rings. The molecule has 2 aromatic carbocycles. The van der Waals surface area contributed by atoms with E-state index in [1.807, 2.05) is 80.8 Å². The van der Waals surface area contributed by atoms with Crippen LogP contribution in [0.4, 0.5) is 16.2 Å². The molecule has 2 aliphatic heterocycles. The molecule has 0 radical (unpaired) electrons. The first kappa shape index (κ1) is 31.7. The van der Waals surface area contributed by atoms with Gasteiger partial charge in [0.05, 0.1) is 12.1 Å². The van der Waals surface area contributed by atoms with Gasteiger partial charge in [0.25, 0.3) is 0 Å². The Bertz CT molecular complexity index is 1800. The molecule has 0 spiro atoms. The van der Waals surface area contributed by atoms with Crippen molar-refractivity contribution in [2.75, 3.05) is 36.4 Å². The average Bonchev–Trinajstić information content (AvgIpc) is 3.49. The number of nitrogens with one attached hydrogen (secondary N) is 1. The minimum absolute atomic E-state index is 0.0938. The maximum absolute atomic E-state index is 13.5. The van der Waals surface area contributed by atoms with Gasteiger partial charge in [-0.15, -0.1) is 21.5 Å². The third-order valence-electron chi connectivity index (χ3n) is 8.18. The van der Waals surface area contributed by atoms with Gasteiger partial charge in [-0.1, -0.05) is 23.7 Å². The van der Waals surface area contributed by atoms with Crippen molar-refractivity contribution in [1.29, 1.82) is 0 Å². The van der Waals surface area contributed by atoms with E-state index in [-0.39, 0.29) is 18.4 Å². The van der Waals surface area contributed by atoms with Crippen LogP contribution in [0.2, 0.25) is 5.02 Å². The Labute approximate surface area is 278 Å². The monoisotopic (exact) mass is 659 g/mol. The van der Waals surface area contributed by atoms with Crippen molar-refractivity contribution < 1.29 is 14.3 Å².